The molecule has 0 bridgehead atoms. The number of ether oxygens (including phenoxy) is 1. The third-order valence-electron chi connectivity index (χ3n) is 4.73. The number of anilines is 2. The smallest absolute Gasteiger partial charge is 0.339 e. The first-order chi connectivity index (χ1) is 15.4. The zero-order valence-corrected chi connectivity index (χ0v) is 20.8. The van der Waals surface area contributed by atoms with Crippen LogP contribution in [-0.4, -0.2) is 39.9 Å². The van der Waals surface area contributed by atoms with Crippen molar-refractivity contribution in [3.8, 4) is 11.1 Å². The van der Waals surface area contributed by atoms with Gasteiger partial charge in [0.25, 0.3) is 0 Å². The van der Waals surface area contributed by atoms with Crippen LogP contribution in [0.3, 0.4) is 0 Å². The normalized spacial score (nSPS) is 11.5. The van der Waals surface area contributed by atoms with Crippen LogP contribution in [0.5, 0.6) is 0 Å². The van der Waals surface area contributed by atoms with Crippen molar-refractivity contribution in [2.24, 2.45) is 0 Å². The van der Waals surface area contributed by atoms with E-state index < -0.39 is 27.6 Å². The summed E-state index contributed by atoms with van der Waals surface area (Å²) in [6.45, 7) is 0. The van der Waals surface area contributed by atoms with Gasteiger partial charge in [-0.15, -0.1) is 0 Å². The van der Waals surface area contributed by atoms with Gasteiger partial charge >= 0.3 is 5.97 Å². The van der Waals surface area contributed by atoms with Crippen LogP contribution in [0, 0.1) is 11.6 Å². The van der Waals surface area contributed by atoms with Crippen LogP contribution in [0.2, 0.25) is 5.02 Å². The van der Waals surface area contributed by atoms with Crippen molar-refractivity contribution < 1.29 is 26.7 Å². The van der Waals surface area contributed by atoms with Gasteiger partial charge in [-0.1, -0.05) is 23.7 Å². The molecule has 0 aliphatic heterocycles. The molecule has 0 radical (unpaired) electrons. The molecule has 0 aliphatic carbocycles. The molecular weight excluding hydrogens is 542 g/mol. The molecule has 0 heterocycles. The van der Waals surface area contributed by atoms with Gasteiger partial charge in [-0.2, -0.15) is 0 Å². The third kappa shape index (κ3) is 5.19. The summed E-state index contributed by atoms with van der Waals surface area (Å²) in [5.74, 6) is -2.71. The summed E-state index contributed by atoms with van der Waals surface area (Å²) in [4.78, 5) is 12.3. The fraction of sp³-hybridized carbons (Fsp3) is 0.136. The molecular formula is C22H18BrClF2N2O4S. The van der Waals surface area contributed by atoms with E-state index in [0.717, 1.165) is 16.4 Å². The van der Waals surface area contributed by atoms with E-state index in [0.29, 0.717) is 15.6 Å². The van der Waals surface area contributed by atoms with E-state index in [4.69, 9.17) is 16.3 Å². The molecule has 3 aromatic rings. The maximum absolute atomic E-state index is 13.8. The first kappa shape index (κ1) is 25.1. The predicted octanol–water partition coefficient (Wildman–Crippen LogP) is 5.83. The molecule has 0 amide bonds. The minimum absolute atomic E-state index is 0.0936. The minimum Gasteiger partial charge on any atom is -0.465 e. The Bertz CT molecular complexity index is 1350. The molecule has 0 atom stereocenters. The predicted molar refractivity (Wildman–Crippen MR) is 126 cm³/mol. The number of nitrogens with zero attached hydrogens (tertiary/aromatic N) is 1. The fourth-order valence-electron chi connectivity index (χ4n) is 2.97. The van der Waals surface area contributed by atoms with Crippen LogP contribution in [0.25, 0.3) is 11.1 Å². The average Bonchev–Trinajstić information content (AvgIpc) is 2.77. The maximum atomic E-state index is 13.8. The van der Waals surface area contributed by atoms with Crippen LogP contribution in [0.1, 0.15) is 10.4 Å². The van der Waals surface area contributed by atoms with Crippen molar-refractivity contribution in [1.82, 2.24) is 4.31 Å². The molecule has 0 saturated carbocycles. The van der Waals surface area contributed by atoms with Gasteiger partial charge in [-0.3, -0.25) is 0 Å². The molecule has 0 aliphatic rings. The van der Waals surface area contributed by atoms with Gasteiger partial charge < -0.3 is 10.1 Å². The van der Waals surface area contributed by atoms with Crippen LogP contribution < -0.4 is 5.32 Å². The number of carbonyl (C=O) groups is 1. The molecule has 3 rings (SSSR count). The van der Waals surface area contributed by atoms with Gasteiger partial charge in [0, 0.05) is 18.6 Å². The topological polar surface area (TPSA) is 75.7 Å². The molecule has 33 heavy (non-hydrogen) atoms. The number of sulfonamides is 1. The van der Waals surface area contributed by atoms with E-state index in [1.165, 1.54) is 57.6 Å². The Balaban J connectivity index is 2.21. The summed E-state index contributed by atoms with van der Waals surface area (Å²) < 4.78 is 59.1. The number of nitrogens with one attached hydrogen (secondary N) is 1. The zero-order valence-electron chi connectivity index (χ0n) is 17.6. The third-order valence-corrected chi connectivity index (χ3v) is 7.78. The van der Waals surface area contributed by atoms with E-state index in [1.54, 1.807) is 0 Å². The Kier molecular flexibility index (Phi) is 7.42. The second-order valence-corrected chi connectivity index (χ2v) is 10.4. The number of esters is 1. The molecule has 174 valence electrons. The van der Waals surface area contributed by atoms with Crippen LogP contribution >= 0.6 is 27.5 Å². The molecule has 0 aromatic heterocycles. The lowest BCUT2D eigenvalue weighted by molar-refractivity contribution is 0.0602. The molecule has 0 fully saturated rings. The molecule has 0 saturated heterocycles. The fourth-order valence-corrected chi connectivity index (χ4v) is 4.68. The molecule has 6 nitrogen and oxygen atoms in total. The Labute approximate surface area is 203 Å². The lowest BCUT2D eigenvalue weighted by atomic mass is 10.0. The standard InChI is InChI=1S/C22H18BrClF2N2O4S/c1-28(2)33(30,31)21-10-15(23)16(24)11-20(21)27-19-9-13(4-6-14(19)22(29)32-3)12-5-7-17(25)18(26)8-12/h4-11,27H,1-3H3. The monoisotopic (exact) mass is 558 g/mol. The van der Waals surface area contributed by atoms with Gasteiger partial charge in [0.05, 0.1) is 29.1 Å². The number of hydrogen-bond donors (Lipinski definition) is 1. The number of rotatable bonds is 6. The van der Waals surface area contributed by atoms with Crippen molar-refractivity contribution in [2.45, 2.75) is 4.90 Å². The molecule has 0 spiro atoms. The van der Waals surface area contributed by atoms with E-state index in [2.05, 4.69) is 21.2 Å². The zero-order chi connectivity index (χ0) is 24.5. The second kappa shape index (κ2) is 9.76. The SMILES string of the molecule is COC(=O)c1ccc(-c2ccc(F)c(F)c2)cc1Nc1cc(Cl)c(Br)cc1S(=O)(=O)N(C)C. The van der Waals surface area contributed by atoms with Gasteiger partial charge in [0.1, 0.15) is 4.90 Å². The van der Waals surface area contributed by atoms with Gasteiger partial charge in [-0.25, -0.2) is 26.3 Å². The first-order valence-electron chi connectivity index (χ1n) is 9.32. The number of carbonyl (C=O) groups excluding carboxylic acids is 1. The van der Waals surface area contributed by atoms with Gasteiger partial charge in [0.15, 0.2) is 11.6 Å². The van der Waals surface area contributed by atoms with E-state index in [9.17, 15) is 22.0 Å². The van der Waals surface area contributed by atoms with Crippen LogP contribution in [-0.2, 0) is 14.8 Å². The van der Waals surface area contributed by atoms with Crippen molar-refractivity contribution in [3.63, 3.8) is 0 Å². The van der Waals surface area contributed by atoms with Crippen LogP contribution in [0.4, 0.5) is 20.2 Å². The van der Waals surface area contributed by atoms with E-state index in [1.807, 2.05) is 0 Å². The second-order valence-electron chi connectivity index (χ2n) is 7.06. The highest BCUT2D eigenvalue weighted by Crippen LogP contribution is 2.37. The number of methoxy groups -OCH3 is 1. The lowest BCUT2D eigenvalue weighted by Crippen LogP contribution is -2.23. The van der Waals surface area contributed by atoms with Crippen LogP contribution in [0.15, 0.2) is 57.9 Å². The molecule has 1 N–H and O–H groups in total. The number of halogens is 4. The summed E-state index contributed by atoms with van der Waals surface area (Å²) in [6, 6.07) is 10.6. The van der Waals surface area contributed by atoms with Crippen molar-refractivity contribution >= 4 is 54.9 Å². The highest BCUT2D eigenvalue weighted by atomic mass is 79.9. The molecule has 3 aromatic carbocycles. The maximum Gasteiger partial charge on any atom is 0.339 e. The van der Waals surface area contributed by atoms with E-state index in [-0.39, 0.29) is 26.9 Å². The van der Waals surface area contributed by atoms with Crippen molar-refractivity contribution in [1.29, 1.82) is 0 Å². The summed E-state index contributed by atoms with van der Waals surface area (Å²) in [7, 11) is 0.0590. The van der Waals surface area contributed by atoms with Crippen molar-refractivity contribution in [2.75, 3.05) is 26.5 Å². The summed E-state index contributed by atoms with van der Waals surface area (Å²) in [6.07, 6.45) is 0. The average molecular weight is 560 g/mol. The summed E-state index contributed by atoms with van der Waals surface area (Å²) in [5, 5.41) is 3.17. The van der Waals surface area contributed by atoms with Gasteiger partial charge in [-0.05, 0) is 63.5 Å². The quantitative estimate of drug-likeness (QED) is 0.385. The Hall–Kier alpha value is -2.53. The van der Waals surface area contributed by atoms with E-state index >= 15 is 0 Å². The number of benzene rings is 3. The summed E-state index contributed by atoms with van der Waals surface area (Å²) >= 11 is 9.43. The highest BCUT2D eigenvalue weighted by molar-refractivity contribution is 9.10. The summed E-state index contributed by atoms with van der Waals surface area (Å²) in [5.41, 5.74) is 1.17. The molecule has 11 heteroatoms. The Morgan fingerprint density at radius 1 is 1.00 bits per heavy atom. The molecule has 0 unspecified atom stereocenters. The Morgan fingerprint density at radius 2 is 1.64 bits per heavy atom. The number of hydrogen-bond acceptors (Lipinski definition) is 5. The largest absolute Gasteiger partial charge is 0.465 e. The minimum atomic E-state index is -3.90. The highest BCUT2D eigenvalue weighted by Gasteiger charge is 2.24. The van der Waals surface area contributed by atoms with Crippen molar-refractivity contribution in [3.05, 3.63) is 75.2 Å². The first-order valence-corrected chi connectivity index (χ1v) is 11.9. The van der Waals surface area contributed by atoms with Gasteiger partial charge in [0.2, 0.25) is 10.0 Å². The lowest BCUT2D eigenvalue weighted by Gasteiger charge is -2.19. The Morgan fingerprint density at radius 3 is 2.24 bits per heavy atom.